The molecule has 0 spiro atoms. The molecule has 1 atom stereocenters. The molecule has 1 aliphatic heterocycles. The molecule has 0 saturated heterocycles. The summed E-state index contributed by atoms with van der Waals surface area (Å²) in [5.41, 5.74) is 2.50. The summed E-state index contributed by atoms with van der Waals surface area (Å²) in [4.78, 5) is 1.33. The Morgan fingerprint density at radius 2 is 2.12 bits per heavy atom. The predicted molar refractivity (Wildman–Crippen MR) is 90.9 cm³/mol. The van der Waals surface area contributed by atoms with Crippen LogP contribution >= 0.6 is 0 Å². The fourth-order valence-electron chi connectivity index (χ4n) is 3.33. The second-order valence-electron chi connectivity index (χ2n) is 6.13. The van der Waals surface area contributed by atoms with E-state index in [9.17, 15) is 4.39 Å². The standard InChI is InChI=1S/C20H21FN2O/c1-23(2)11-3-10-20(17-5-7-18(21)8-6-17)19-9-4-15(13-22)12-16(19)14-24-20/h4-9,12H,3,10-11,14H2,1-2H3/t20-/m0/s1/i1D3. The van der Waals surface area contributed by atoms with E-state index >= 15 is 0 Å². The highest BCUT2D eigenvalue weighted by atomic mass is 19.1. The molecule has 4 heteroatoms. The van der Waals surface area contributed by atoms with Gasteiger partial charge in [0.2, 0.25) is 0 Å². The number of ether oxygens (including phenoxy) is 1. The van der Waals surface area contributed by atoms with Gasteiger partial charge in [-0.05, 0) is 74.4 Å². The molecular weight excluding hydrogens is 303 g/mol. The van der Waals surface area contributed by atoms with E-state index in [1.807, 2.05) is 12.1 Å². The lowest BCUT2D eigenvalue weighted by atomic mass is 9.81. The highest BCUT2D eigenvalue weighted by molar-refractivity contribution is 5.47. The highest BCUT2D eigenvalue weighted by Crippen LogP contribution is 2.45. The van der Waals surface area contributed by atoms with Crippen LogP contribution in [0.25, 0.3) is 0 Å². The van der Waals surface area contributed by atoms with Crippen LogP contribution in [0.5, 0.6) is 0 Å². The summed E-state index contributed by atoms with van der Waals surface area (Å²) in [5, 5.41) is 9.13. The molecule has 0 aliphatic carbocycles. The molecule has 1 aliphatic rings. The van der Waals surface area contributed by atoms with Gasteiger partial charge in [0.15, 0.2) is 0 Å². The van der Waals surface area contributed by atoms with Crippen LogP contribution in [0.3, 0.4) is 0 Å². The van der Waals surface area contributed by atoms with Gasteiger partial charge in [0.25, 0.3) is 0 Å². The fraction of sp³-hybridized carbons (Fsp3) is 0.350. The second kappa shape index (κ2) is 6.72. The lowest BCUT2D eigenvalue weighted by Crippen LogP contribution is -2.28. The summed E-state index contributed by atoms with van der Waals surface area (Å²) < 4.78 is 42.1. The van der Waals surface area contributed by atoms with Gasteiger partial charge < -0.3 is 9.64 Å². The largest absolute Gasteiger partial charge is 0.361 e. The second-order valence-corrected chi connectivity index (χ2v) is 6.13. The van der Waals surface area contributed by atoms with Gasteiger partial charge in [0, 0.05) is 4.11 Å². The van der Waals surface area contributed by atoms with Gasteiger partial charge in [0.1, 0.15) is 11.4 Å². The van der Waals surface area contributed by atoms with Crippen molar-refractivity contribution in [3.8, 4) is 6.07 Å². The molecule has 24 heavy (non-hydrogen) atoms. The first-order valence-electron chi connectivity index (χ1n) is 9.41. The minimum absolute atomic E-state index is 0.325. The van der Waals surface area contributed by atoms with Crippen molar-refractivity contribution in [1.82, 2.24) is 4.90 Å². The van der Waals surface area contributed by atoms with Crippen LogP contribution in [-0.2, 0) is 16.9 Å². The Kier molecular flexibility index (Phi) is 3.67. The third kappa shape index (κ3) is 3.06. The molecular formula is C20H21FN2O. The average molecular weight is 327 g/mol. The van der Waals surface area contributed by atoms with Gasteiger partial charge in [-0.3, -0.25) is 0 Å². The summed E-state index contributed by atoms with van der Waals surface area (Å²) in [5.74, 6) is -0.325. The van der Waals surface area contributed by atoms with Crippen LogP contribution in [0.1, 0.15) is 39.2 Å². The number of rotatable bonds is 5. The van der Waals surface area contributed by atoms with Crippen molar-refractivity contribution in [2.75, 3.05) is 20.6 Å². The Morgan fingerprint density at radius 1 is 1.33 bits per heavy atom. The third-order valence-corrected chi connectivity index (χ3v) is 4.48. The Labute approximate surface area is 146 Å². The zero-order chi connectivity index (χ0) is 19.7. The van der Waals surface area contributed by atoms with Crippen LogP contribution in [0.4, 0.5) is 4.39 Å². The monoisotopic (exact) mass is 327 g/mol. The number of fused-ring (bicyclic) bond motifs is 1. The Hall–Kier alpha value is -2.22. The molecule has 0 amide bonds. The van der Waals surface area contributed by atoms with Crippen molar-refractivity contribution in [1.29, 1.82) is 5.26 Å². The van der Waals surface area contributed by atoms with E-state index in [0.717, 1.165) is 16.7 Å². The minimum Gasteiger partial charge on any atom is -0.361 e. The topological polar surface area (TPSA) is 36.3 Å². The first-order chi connectivity index (χ1) is 12.8. The lowest BCUT2D eigenvalue weighted by molar-refractivity contribution is -0.0140. The van der Waals surface area contributed by atoms with E-state index in [1.165, 1.54) is 17.0 Å². The van der Waals surface area contributed by atoms with E-state index in [-0.39, 0.29) is 5.82 Å². The summed E-state index contributed by atoms with van der Waals surface area (Å²) >= 11 is 0. The molecule has 2 aromatic rings. The minimum atomic E-state index is -2.14. The molecule has 124 valence electrons. The molecule has 0 radical (unpaired) electrons. The normalized spacial score (nSPS) is 21.7. The molecule has 0 unspecified atom stereocenters. The summed E-state index contributed by atoms with van der Waals surface area (Å²) in [6.07, 6.45) is 1.14. The Morgan fingerprint density at radius 3 is 2.83 bits per heavy atom. The zero-order valence-corrected chi connectivity index (χ0v) is 13.6. The average Bonchev–Trinajstić information content (AvgIpc) is 3.00. The molecule has 0 saturated carbocycles. The number of halogens is 1. The summed E-state index contributed by atoms with van der Waals surface area (Å²) in [7, 11) is 1.57. The van der Waals surface area contributed by atoms with Gasteiger partial charge in [-0.1, -0.05) is 18.2 Å². The van der Waals surface area contributed by atoms with Crippen molar-refractivity contribution in [2.45, 2.75) is 25.0 Å². The maximum Gasteiger partial charge on any atom is 0.123 e. The first kappa shape index (κ1) is 13.1. The van der Waals surface area contributed by atoms with E-state index in [1.54, 1.807) is 25.2 Å². The lowest BCUT2D eigenvalue weighted by Gasteiger charge is -2.31. The number of nitriles is 1. The van der Waals surface area contributed by atoms with Crippen molar-refractivity contribution in [3.05, 3.63) is 70.5 Å². The van der Waals surface area contributed by atoms with Crippen molar-refractivity contribution in [3.63, 3.8) is 0 Å². The summed E-state index contributed by atoms with van der Waals surface area (Å²) in [6, 6.07) is 13.8. The molecule has 0 bridgehead atoms. The highest BCUT2D eigenvalue weighted by Gasteiger charge is 2.41. The molecule has 3 rings (SSSR count). The molecule has 2 aromatic carbocycles. The molecule has 0 fully saturated rings. The quantitative estimate of drug-likeness (QED) is 0.838. The molecule has 3 nitrogen and oxygen atoms in total. The van der Waals surface area contributed by atoms with Gasteiger partial charge in [-0.15, -0.1) is 0 Å². The molecule has 1 heterocycles. The van der Waals surface area contributed by atoms with Crippen LogP contribution in [0.2, 0.25) is 0 Å². The first-order valence-corrected chi connectivity index (χ1v) is 7.91. The number of hydrogen-bond acceptors (Lipinski definition) is 3. The van der Waals surface area contributed by atoms with Crippen LogP contribution in [0.15, 0.2) is 42.5 Å². The smallest absolute Gasteiger partial charge is 0.123 e. The molecule has 0 N–H and O–H groups in total. The Bertz CT molecular complexity index is 861. The van der Waals surface area contributed by atoms with E-state index in [2.05, 4.69) is 6.07 Å². The van der Waals surface area contributed by atoms with Gasteiger partial charge in [0.05, 0.1) is 18.2 Å². The van der Waals surface area contributed by atoms with Crippen molar-refractivity contribution in [2.24, 2.45) is 0 Å². The van der Waals surface area contributed by atoms with Crippen LogP contribution in [0, 0.1) is 17.1 Å². The zero-order valence-electron chi connectivity index (χ0n) is 16.6. The number of benzene rings is 2. The van der Waals surface area contributed by atoms with Crippen LogP contribution < -0.4 is 0 Å². The molecule has 0 aromatic heterocycles. The Balaban J connectivity index is 1.93. The maximum atomic E-state index is 13.4. The predicted octanol–water partition coefficient (Wildman–Crippen LogP) is 3.81. The van der Waals surface area contributed by atoms with Gasteiger partial charge in [-0.25, -0.2) is 4.39 Å². The maximum absolute atomic E-state index is 13.4. The summed E-state index contributed by atoms with van der Waals surface area (Å²) in [6.45, 7) is -1.40. The van der Waals surface area contributed by atoms with E-state index in [4.69, 9.17) is 14.1 Å². The van der Waals surface area contributed by atoms with Crippen molar-refractivity contribution < 1.29 is 13.2 Å². The van der Waals surface area contributed by atoms with E-state index in [0.29, 0.717) is 31.6 Å². The number of nitrogens with zero attached hydrogens (tertiary/aromatic N) is 2. The van der Waals surface area contributed by atoms with Crippen LogP contribution in [-0.4, -0.2) is 25.5 Å². The van der Waals surface area contributed by atoms with Gasteiger partial charge in [-0.2, -0.15) is 5.26 Å². The van der Waals surface area contributed by atoms with Crippen molar-refractivity contribution >= 4 is 0 Å². The number of hydrogen-bond donors (Lipinski definition) is 0. The van der Waals surface area contributed by atoms with E-state index < -0.39 is 12.6 Å². The van der Waals surface area contributed by atoms with Gasteiger partial charge >= 0.3 is 0 Å². The SMILES string of the molecule is [2H]C([2H])([2H])N(C)CCC[C@@]1(c2ccc(F)cc2)OCc2cc(C#N)ccc21. The third-order valence-electron chi connectivity index (χ3n) is 4.48. The fourth-order valence-corrected chi connectivity index (χ4v) is 3.33.